The van der Waals surface area contributed by atoms with E-state index in [4.69, 9.17) is 17.3 Å². The van der Waals surface area contributed by atoms with Crippen LogP contribution in [0.15, 0.2) is 42.5 Å². The number of halogens is 1. The number of nitrogens with two attached hydrogens (primary N) is 1. The lowest BCUT2D eigenvalue weighted by molar-refractivity contribution is -0.139. The molecule has 3 amide bonds. The van der Waals surface area contributed by atoms with Crippen LogP contribution in [-0.2, 0) is 16.1 Å². The lowest BCUT2D eigenvalue weighted by atomic mass is 9.82. The zero-order valence-electron chi connectivity index (χ0n) is 19.6. The molecular weight excluding hydrogens is 488 g/mol. The number of benzene rings is 2. The Morgan fingerprint density at radius 3 is 2.36 bits per heavy atom. The molecular formula is C25H29ClN4O6. The predicted octanol–water partition coefficient (Wildman–Crippen LogP) is 1.94. The monoisotopic (exact) mass is 516 g/mol. The van der Waals surface area contributed by atoms with E-state index in [0.29, 0.717) is 18.4 Å². The number of carbonyl (C=O) groups is 4. The maximum Gasteiger partial charge on any atom is 0.328 e. The molecule has 0 saturated heterocycles. The van der Waals surface area contributed by atoms with Crippen molar-refractivity contribution in [1.82, 2.24) is 16.0 Å². The third-order valence-corrected chi connectivity index (χ3v) is 6.42. The van der Waals surface area contributed by atoms with E-state index < -0.39 is 35.3 Å². The summed E-state index contributed by atoms with van der Waals surface area (Å²) in [5, 5.41) is 26.5. The molecule has 0 heterocycles. The third-order valence-electron chi connectivity index (χ3n) is 6.11. The Balaban J connectivity index is 1.59. The van der Waals surface area contributed by atoms with Crippen LogP contribution in [0.5, 0.6) is 5.75 Å². The molecule has 11 heteroatoms. The Bertz CT molecular complexity index is 1150. The van der Waals surface area contributed by atoms with Crippen molar-refractivity contribution < 1.29 is 29.4 Å². The van der Waals surface area contributed by atoms with Gasteiger partial charge in [0.1, 0.15) is 11.8 Å². The summed E-state index contributed by atoms with van der Waals surface area (Å²) >= 11 is 6.21. The largest absolute Gasteiger partial charge is 0.508 e. The van der Waals surface area contributed by atoms with Crippen molar-refractivity contribution in [2.45, 2.75) is 50.2 Å². The number of hydrogen-bond donors (Lipinski definition) is 6. The van der Waals surface area contributed by atoms with Gasteiger partial charge < -0.3 is 31.9 Å². The van der Waals surface area contributed by atoms with Crippen LogP contribution in [0.2, 0.25) is 5.02 Å². The molecule has 0 spiro atoms. The zero-order chi connectivity index (χ0) is 26.3. The molecule has 0 unspecified atom stereocenters. The first kappa shape index (κ1) is 27.0. The smallest absolute Gasteiger partial charge is 0.328 e. The van der Waals surface area contributed by atoms with Gasteiger partial charge in [-0.1, -0.05) is 43.0 Å². The Kier molecular flexibility index (Phi) is 8.89. The van der Waals surface area contributed by atoms with Gasteiger partial charge >= 0.3 is 5.97 Å². The van der Waals surface area contributed by atoms with Gasteiger partial charge in [0.2, 0.25) is 5.91 Å². The molecule has 0 bridgehead atoms. The minimum atomic E-state index is -1.41. The maximum atomic E-state index is 12.7. The van der Waals surface area contributed by atoms with Gasteiger partial charge in [0.05, 0.1) is 16.1 Å². The Morgan fingerprint density at radius 2 is 1.72 bits per heavy atom. The van der Waals surface area contributed by atoms with Crippen molar-refractivity contribution in [3.63, 3.8) is 0 Å². The van der Waals surface area contributed by atoms with Gasteiger partial charge in [0.15, 0.2) is 0 Å². The highest BCUT2D eigenvalue weighted by atomic mass is 35.5. The molecule has 10 nitrogen and oxygen atoms in total. The molecule has 36 heavy (non-hydrogen) atoms. The SMILES string of the molecule is NC1(C(=O)NC[C@H](NC(=O)c2ccc(C(=O)NCc3cccc(O)c3)cc2Cl)C(=O)O)CCCCC1. The molecule has 0 aliphatic heterocycles. The number of hydrogen-bond acceptors (Lipinski definition) is 6. The van der Waals surface area contributed by atoms with Crippen molar-refractivity contribution in [2.24, 2.45) is 5.73 Å². The quantitative estimate of drug-likeness (QED) is 0.295. The van der Waals surface area contributed by atoms with E-state index in [2.05, 4.69) is 16.0 Å². The van der Waals surface area contributed by atoms with Crippen molar-refractivity contribution in [3.8, 4) is 5.75 Å². The van der Waals surface area contributed by atoms with Crippen molar-refractivity contribution in [2.75, 3.05) is 6.54 Å². The van der Waals surface area contributed by atoms with E-state index in [1.807, 2.05) is 0 Å². The molecule has 2 aromatic rings. The highest BCUT2D eigenvalue weighted by Gasteiger charge is 2.36. The van der Waals surface area contributed by atoms with Crippen LogP contribution in [-0.4, -0.2) is 52.0 Å². The number of carboxylic acid groups (broad SMARTS) is 1. The number of carboxylic acids is 1. The van der Waals surface area contributed by atoms with Crippen LogP contribution in [0.4, 0.5) is 0 Å². The molecule has 1 atom stereocenters. The number of phenolic OH excluding ortho intramolecular Hbond substituents is 1. The number of phenols is 1. The molecule has 1 aliphatic carbocycles. The topological polar surface area (TPSA) is 171 Å². The van der Waals surface area contributed by atoms with E-state index in [1.54, 1.807) is 12.1 Å². The lowest BCUT2D eigenvalue weighted by Crippen LogP contribution is -2.58. The van der Waals surface area contributed by atoms with Gasteiger partial charge in [0.25, 0.3) is 11.8 Å². The Labute approximate surface area is 213 Å². The molecule has 1 aliphatic rings. The fourth-order valence-electron chi connectivity index (χ4n) is 4.01. The second-order valence-corrected chi connectivity index (χ2v) is 9.25. The number of rotatable bonds is 9. The number of carbonyl (C=O) groups excluding carboxylic acids is 3. The maximum absolute atomic E-state index is 12.7. The summed E-state index contributed by atoms with van der Waals surface area (Å²) in [6.45, 7) is -0.171. The van der Waals surface area contributed by atoms with Crippen LogP contribution in [0.25, 0.3) is 0 Å². The van der Waals surface area contributed by atoms with Crippen LogP contribution >= 0.6 is 11.6 Å². The third kappa shape index (κ3) is 6.96. The highest BCUT2D eigenvalue weighted by molar-refractivity contribution is 6.34. The summed E-state index contributed by atoms with van der Waals surface area (Å²) in [7, 11) is 0. The molecule has 1 fully saturated rings. The fourth-order valence-corrected chi connectivity index (χ4v) is 4.27. The summed E-state index contributed by atoms with van der Waals surface area (Å²) < 4.78 is 0. The van der Waals surface area contributed by atoms with E-state index >= 15 is 0 Å². The number of nitrogens with one attached hydrogen (secondary N) is 3. The van der Waals surface area contributed by atoms with Gasteiger partial charge in [0, 0.05) is 18.7 Å². The van der Waals surface area contributed by atoms with Gasteiger partial charge in [-0.05, 0) is 48.7 Å². The van der Waals surface area contributed by atoms with Crippen molar-refractivity contribution >= 4 is 35.3 Å². The Morgan fingerprint density at radius 1 is 1.00 bits per heavy atom. The average Bonchev–Trinajstić information content (AvgIpc) is 2.85. The average molecular weight is 517 g/mol. The van der Waals surface area contributed by atoms with Crippen molar-refractivity contribution in [1.29, 1.82) is 0 Å². The standard InChI is InChI=1S/C25H29ClN4O6/c26-19-12-16(21(32)28-13-15-5-4-6-17(31)11-15)7-8-18(19)22(33)30-20(23(34)35)14-29-24(36)25(27)9-2-1-3-10-25/h4-8,11-12,20,31H,1-3,9-10,13-14,27H2,(H,28,32)(H,29,36)(H,30,33)(H,34,35)/t20-/m0/s1. The predicted molar refractivity (Wildman–Crippen MR) is 133 cm³/mol. The number of aliphatic carboxylic acids is 1. The molecule has 3 rings (SSSR count). The van der Waals surface area contributed by atoms with E-state index in [9.17, 15) is 29.4 Å². The van der Waals surface area contributed by atoms with Crippen molar-refractivity contribution in [3.05, 3.63) is 64.2 Å². The van der Waals surface area contributed by atoms with Gasteiger partial charge in [-0.2, -0.15) is 0 Å². The first-order chi connectivity index (χ1) is 17.1. The molecule has 0 radical (unpaired) electrons. The molecule has 0 aromatic heterocycles. The van der Waals surface area contributed by atoms with Crippen LogP contribution in [0.3, 0.4) is 0 Å². The van der Waals surface area contributed by atoms with Gasteiger partial charge in [-0.25, -0.2) is 4.79 Å². The molecule has 192 valence electrons. The Hall–Kier alpha value is -3.63. The molecule has 2 aromatic carbocycles. The highest BCUT2D eigenvalue weighted by Crippen LogP contribution is 2.26. The summed E-state index contributed by atoms with van der Waals surface area (Å²) in [5.41, 5.74) is 6.00. The summed E-state index contributed by atoms with van der Waals surface area (Å²) in [6.07, 6.45) is 3.69. The summed E-state index contributed by atoms with van der Waals surface area (Å²) in [5.74, 6) is -2.92. The van der Waals surface area contributed by atoms with Crippen LogP contribution in [0, 0.1) is 0 Å². The normalized spacial score (nSPS) is 15.4. The van der Waals surface area contributed by atoms with Crippen LogP contribution < -0.4 is 21.7 Å². The van der Waals surface area contributed by atoms with E-state index in [0.717, 1.165) is 19.3 Å². The van der Waals surface area contributed by atoms with Gasteiger partial charge in [-0.3, -0.25) is 14.4 Å². The minimum Gasteiger partial charge on any atom is -0.508 e. The molecule has 7 N–H and O–H groups in total. The van der Waals surface area contributed by atoms with Crippen LogP contribution in [0.1, 0.15) is 58.4 Å². The number of aromatic hydroxyl groups is 1. The first-order valence-corrected chi connectivity index (χ1v) is 11.9. The van der Waals surface area contributed by atoms with E-state index in [-0.39, 0.29) is 35.0 Å². The fraction of sp³-hybridized carbons (Fsp3) is 0.360. The molecule has 1 saturated carbocycles. The summed E-state index contributed by atoms with van der Waals surface area (Å²) in [6, 6.07) is 9.02. The zero-order valence-corrected chi connectivity index (χ0v) is 20.3. The minimum absolute atomic E-state index is 0.0265. The van der Waals surface area contributed by atoms with Gasteiger partial charge in [-0.15, -0.1) is 0 Å². The van der Waals surface area contributed by atoms with E-state index in [1.165, 1.54) is 30.3 Å². The summed E-state index contributed by atoms with van der Waals surface area (Å²) in [4.78, 5) is 49.3. The second kappa shape index (κ2) is 11.9. The second-order valence-electron chi connectivity index (χ2n) is 8.84. The lowest BCUT2D eigenvalue weighted by Gasteiger charge is -2.32. The number of amides is 3. The first-order valence-electron chi connectivity index (χ1n) is 11.6.